The standard InChI is InChI=1S/C20H25ClF2N2O3/c1-27-11-10-25-12-14(17-15(21)4-3-5-16(17)25)18(26)24-13-19(28-2)6-8-20(22,23)9-7-19/h3-5,12H,6-11,13H2,1-2H3,(H,24,26). The van der Waals surface area contributed by atoms with E-state index in [0.29, 0.717) is 29.1 Å². The third kappa shape index (κ3) is 4.31. The van der Waals surface area contributed by atoms with Crippen LogP contribution >= 0.6 is 11.6 Å². The Morgan fingerprint density at radius 2 is 1.96 bits per heavy atom. The first-order chi connectivity index (χ1) is 13.3. The fraction of sp³-hybridized carbons (Fsp3) is 0.550. The minimum absolute atomic E-state index is 0.174. The van der Waals surface area contributed by atoms with E-state index in [1.807, 2.05) is 16.7 Å². The number of methoxy groups -OCH3 is 2. The first-order valence-electron chi connectivity index (χ1n) is 9.28. The van der Waals surface area contributed by atoms with Crippen LogP contribution in [0.3, 0.4) is 0 Å². The number of carbonyl (C=O) groups excluding carboxylic acids is 1. The summed E-state index contributed by atoms with van der Waals surface area (Å²) in [5, 5.41) is 4.01. The van der Waals surface area contributed by atoms with Crippen molar-refractivity contribution in [3.63, 3.8) is 0 Å². The van der Waals surface area contributed by atoms with Crippen molar-refractivity contribution in [1.82, 2.24) is 9.88 Å². The van der Waals surface area contributed by atoms with Gasteiger partial charge in [-0.05, 0) is 25.0 Å². The largest absolute Gasteiger partial charge is 0.383 e. The number of rotatable bonds is 7. The summed E-state index contributed by atoms with van der Waals surface area (Å²) in [4.78, 5) is 12.9. The van der Waals surface area contributed by atoms with E-state index in [2.05, 4.69) is 5.32 Å². The minimum atomic E-state index is -2.66. The fourth-order valence-electron chi connectivity index (χ4n) is 3.72. The molecule has 1 fully saturated rings. The van der Waals surface area contributed by atoms with Crippen LogP contribution in [0, 0.1) is 0 Å². The van der Waals surface area contributed by atoms with Gasteiger partial charge in [0.1, 0.15) is 0 Å². The summed E-state index contributed by atoms with van der Waals surface area (Å²) in [5.41, 5.74) is 0.521. The molecule has 0 atom stereocenters. The number of halogens is 3. The molecule has 3 rings (SSSR count). The minimum Gasteiger partial charge on any atom is -0.383 e. The van der Waals surface area contributed by atoms with E-state index >= 15 is 0 Å². The van der Waals surface area contributed by atoms with E-state index in [4.69, 9.17) is 21.1 Å². The molecule has 1 N–H and O–H groups in total. The van der Waals surface area contributed by atoms with Crippen LogP contribution in [0.25, 0.3) is 10.9 Å². The molecule has 8 heteroatoms. The highest BCUT2D eigenvalue weighted by molar-refractivity contribution is 6.36. The molecule has 1 aliphatic rings. The van der Waals surface area contributed by atoms with Crippen molar-refractivity contribution >= 4 is 28.4 Å². The van der Waals surface area contributed by atoms with E-state index in [9.17, 15) is 13.6 Å². The Balaban J connectivity index is 1.80. The molecule has 0 unspecified atom stereocenters. The third-order valence-corrected chi connectivity index (χ3v) is 5.85. The molecule has 1 aromatic carbocycles. The van der Waals surface area contributed by atoms with Gasteiger partial charge in [0.15, 0.2) is 0 Å². The lowest BCUT2D eigenvalue weighted by molar-refractivity contribution is -0.116. The Bertz CT molecular complexity index is 843. The molecular formula is C20H25ClF2N2O3. The normalized spacial score (nSPS) is 18.3. The maximum atomic E-state index is 13.5. The molecule has 5 nitrogen and oxygen atoms in total. The predicted molar refractivity (Wildman–Crippen MR) is 104 cm³/mol. The van der Waals surface area contributed by atoms with Crippen molar-refractivity contribution < 1.29 is 23.0 Å². The SMILES string of the molecule is COCCn1cc(C(=O)NCC2(OC)CCC(F)(F)CC2)c2c(Cl)cccc21. The molecule has 0 bridgehead atoms. The van der Waals surface area contributed by atoms with Crippen LogP contribution in [0.1, 0.15) is 36.0 Å². The van der Waals surface area contributed by atoms with Crippen LogP contribution in [0.4, 0.5) is 8.78 Å². The molecule has 1 saturated carbocycles. The topological polar surface area (TPSA) is 52.5 Å². The highest BCUT2D eigenvalue weighted by atomic mass is 35.5. The van der Waals surface area contributed by atoms with Crippen molar-refractivity contribution in [2.45, 2.75) is 43.8 Å². The molecule has 154 valence electrons. The number of nitrogens with zero attached hydrogens (tertiary/aromatic N) is 1. The van der Waals surface area contributed by atoms with Crippen LogP contribution < -0.4 is 5.32 Å². The highest BCUT2D eigenvalue weighted by Gasteiger charge is 2.43. The van der Waals surface area contributed by atoms with Crippen LogP contribution in [-0.2, 0) is 16.0 Å². The molecule has 0 radical (unpaired) electrons. The monoisotopic (exact) mass is 414 g/mol. The van der Waals surface area contributed by atoms with Crippen LogP contribution in [0.15, 0.2) is 24.4 Å². The average Bonchev–Trinajstić information content (AvgIpc) is 3.06. The molecule has 1 amide bonds. The number of nitrogens with one attached hydrogen (secondary N) is 1. The summed E-state index contributed by atoms with van der Waals surface area (Å²) in [7, 11) is 3.12. The van der Waals surface area contributed by atoms with Gasteiger partial charge in [-0.25, -0.2) is 8.78 Å². The van der Waals surface area contributed by atoms with Gasteiger partial charge < -0.3 is 19.4 Å². The lowest BCUT2D eigenvalue weighted by Crippen LogP contribution is -2.48. The smallest absolute Gasteiger partial charge is 0.253 e. The van der Waals surface area contributed by atoms with Gasteiger partial charge in [0, 0.05) is 51.7 Å². The number of hydrogen-bond donors (Lipinski definition) is 1. The molecule has 0 aliphatic heterocycles. The lowest BCUT2D eigenvalue weighted by atomic mass is 9.82. The number of alkyl halides is 2. The molecule has 1 heterocycles. The summed E-state index contributed by atoms with van der Waals surface area (Å²) in [6, 6.07) is 5.46. The van der Waals surface area contributed by atoms with Crippen molar-refractivity contribution in [3.8, 4) is 0 Å². The van der Waals surface area contributed by atoms with Crippen LogP contribution in [0.5, 0.6) is 0 Å². The zero-order chi connectivity index (χ0) is 20.4. The molecular weight excluding hydrogens is 390 g/mol. The van der Waals surface area contributed by atoms with E-state index in [1.165, 1.54) is 7.11 Å². The lowest BCUT2D eigenvalue weighted by Gasteiger charge is -2.39. The molecule has 0 saturated heterocycles. The second kappa shape index (κ2) is 8.35. The molecule has 0 spiro atoms. The average molecular weight is 415 g/mol. The maximum Gasteiger partial charge on any atom is 0.253 e. The number of fused-ring (bicyclic) bond motifs is 1. The van der Waals surface area contributed by atoms with E-state index < -0.39 is 11.5 Å². The summed E-state index contributed by atoms with van der Waals surface area (Å²) < 4.78 is 39.6. The van der Waals surface area contributed by atoms with Gasteiger partial charge in [-0.3, -0.25) is 4.79 Å². The van der Waals surface area contributed by atoms with Crippen LogP contribution in [-0.4, -0.2) is 49.4 Å². The quantitative estimate of drug-likeness (QED) is 0.736. The number of aromatic nitrogens is 1. The van der Waals surface area contributed by atoms with Gasteiger partial charge in [-0.1, -0.05) is 17.7 Å². The van der Waals surface area contributed by atoms with Gasteiger partial charge >= 0.3 is 0 Å². The van der Waals surface area contributed by atoms with Crippen molar-refractivity contribution in [3.05, 3.63) is 35.0 Å². The Morgan fingerprint density at radius 3 is 2.61 bits per heavy atom. The van der Waals surface area contributed by atoms with Crippen LogP contribution in [0.2, 0.25) is 5.02 Å². The van der Waals surface area contributed by atoms with E-state index in [0.717, 1.165) is 5.52 Å². The Labute approximate surface area is 167 Å². The van der Waals surface area contributed by atoms with Gasteiger partial charge in [0.2, 0.25) is 5.92 Å². The van der Waals surface area contributed by atoms with E-state index in [1.54, 1.807) is 19.4 Å². The summed E-state index contributed by atoms with van der Waals surface area (Å²) >= 11 is 6.36. The number of ether oxygens (including phenoxy) is 2. The zero-order valence-corrected chi connectivity index (χ0v) is 16.8. The fourth-order valence-corrected chi connectivity index (χ4v) is 3.99. The maximum absolute atomic E-state index is 13.5. The van der Waals surface area contributed by atoms with Gasteiger partial charge in [-0.15, -0.1) is 0 Å². The molecule has 28 heavy (non-hydrogen) atoms. The Kier molecular flexibility index (Phi) is 6.27. The molecule has 1 aromatic heterocycles. The zero-order valence-electron chi connectivity index (χ0n) is 16.1. The molecule has 1 aliphatic carbocycles. The Morgan fingerprint density at radius 1 is 1.25 bits per heavy atom. The number of benzene rings is 1. The predicted octanol–water partition coefficient (Wildman–Crippen LogP) is 4.27. The third-order valence-electron chi connectivity index (χ3n) is 5.53. The van der Waals surface area contributed by atoms with Gasteiger partial charge in [0.25, 0.3) is 5.91 Å². The first kappa shape index (κ1) is 21.0. The van der Waals surface area contributed by atoms with E-state index in [-0.39, 0.29) is 38.1 Å². The summed E-state index contributed by atoms with van der Waals surface area (Å²) in [6.07, 6.45) is 1.68. The van der Waals surface area contributed by atoms with Gasteiger partial charge in [-0.2, -0.15) is 0 Å². The van der Waals surface area contributed by atoms with Crippen molar-refractivity contribution in [1.29, 1.82) is 0 Å². The van der Waals surface area contributed by atoms with Crippen molar-refractivity contribution in [2.75, 3.05) is 27.4 Å². The summed E-state index contributed by atoms with van der Waals surface area (Å²) in [6.45, 7) is 1.25. The Hall–Kier alpha value is -1.70. The molecule has 2 aromatic rings. The van der Waals surface area contributed by atoms with Crippen molar-refractivity contribution in [2.24, 2.45) is 0 Å². The first-order valence-corrected chi connectivity index (χ1v) is 9.66. The summed E-state index contributed by atoms with van der Waals surface area (Å²) in [5.74, 6) is -2.96. The number of amides is 1. The second-order valence-corrected chi connectivity index (χ2v) is 7.70. The van der Waals surface area contributed by atoms with Gasteiger partial charge in [0.05, 0.1) is 28.3 Å². The number of carbonyl (C=O) groups is 1. The second-order valence-electron chi connectivity index (χ2n) is 7.29. The number of hydrogen-bond acceptors (Lipinski definition) is 3. The highest BCUT2D eigenvalue weighted by Crippen LogP contribution is 2.40.